The first kappa shape index (κ1) is 13.0. The van der Waals surface area contributed by atoms with E-state index in [1.807, 2.05) is 24.3 Å². The summed E-state index contributed by atoms with van der Waals surface area (Å²) in [6.07, 6.45) is 6.27. The molecule has 0 atom stereocenters. The quantitative estimate of drug-likeness (QED) is 0.579. The molecule has 2 rings (SSSR count). The van der Waals surface area contributed by atoms with Gasteiger partial charge in [-0.1, -0.05) is 24.0 Å². The van der Waals surface area contributed by atoms with Crippen molar-refractivity contribution in [3.63, 3.8) is 0 Å². The first-order chi connectivity index (χ1) is 9.81. The van der Waals surface area contributed by atoms with Gasteiger partial charge >= 0.3 is 0 Å². The molecule has 0 N–H and O–H groups in total. The molecular formula is C16H8N4. The van der Waals surface area contributed by atoms with Gasteiger partial charge in [0.2, 0.25) is 0 Å². The van der Waals surface area contributed by atoms with Crippen molar-refractivity contribution in [1.29, 1.82) is 10.5 Å². The lowest BCUT2D eigenvalue weighted by Gasteiger charge is -1.94. The standard InChI is InChI=1S/C16H8N4/c17-8-16(9-18)7-14-4-1-13(2-5-14)3-6-15-10-19-12-20-11-15/h1-2,4-5,7,10-12H. The van der Waals surface area contributed by atoms with Gasteiger partial charge in [0.05, 0.1) is 5.56 Å². The van der Waals surface area contributed by atoms with Gasteiger partial charge in [-0.2, -0.15) is 10.5 Å². The van der Waals surface area contributed by atoms with Gasteiger partial charge in [0, 0.05) is 18.0 Å². The zero-order chi connectivity index (χ0) is 14.2. The van der Waals surface area contributed by atoms with Crippen LogP contribution >= 0.6 is 0 Å². The van der Waals surface area contributed by atoms with E-state index in [0.717, 1.165) is 16.7 Å². The summed E-state index contributed by atoms with van der Waals surface area (Å²) in [5.74, 6) is 5.94. The second kappa shape index (κ2) is 6.50. The summed E-state index contributed by atoms with van der Waals surface area (Å²) in [5.41, 5.74) is 2.44. The molecule has 0 aliphatic carbocycles. The lowest BCUT2D eigenvalue weighted by Crippen LogP contribution is -1.81. The molecule has 0 aliphatic heterocycles. The van der Waals surface area contributed by atoms with Crippen molar-refractivity contribution in [2.45, 2.75) is 0 Å². The van der Waals surface area contributed by atoms with Crippen molar-refractivity contribution >= 4 is 6.08 Å². The van der Waals surface area contributed by atoms with Crippen molar-refractivity contribution in [2.24, 2.45) is 0 Å². The summed E-state index contributed by atoms with van der Waals surface area (Å²) in [4.78, 5) is 7.76. The number of allylic oxidation sites excluding steroid dienone is 1. The number of hydrogen-bond acceptors (Lipinski definition) is 4. The van der Waals surface area contributed by atoms with Crippen LogP contribution in [0.1, 0.15) is 16.7 Å². The molecule has 20 heavy (non-hydrogen) atoms. The Bertz CT molecular complexity index is 748. The molecule has 0 spiro atoms. The molecule has 1 aromatic carbocycles. The number of rotatable bonds is 1. The number of hydrogen-bond donors (Lipinski definition) is 0. The lowest BCUT2D eigenvalue weighted by atomic mass is 10.1. The van der Waals surface area contributed by atoms with E-state index in [4.69, 9.17) is 10.5 Å². The molecule has 0 amide bonds. The highest BCUT2D eigenvalue weighted by Crippen LogP contribution is 2.08. The maximum atomic E-state index is 8.68. The molecule has 4 heteroatoms. The van der Waals surface area contributed by atoms with Crippen LogP contribution in [0.5, 0.6) is 0 Å². The SMILES string of the molecule is N#CC(C#N)=Cc1ccc(C#Cc2cncnc2)cc1. The van der Waals surface area contributed by atoms with Crippen LogP contribution in [0.3, 0.4) is 0 Å². The van der Waals surface area contributed by atoms with Gasteiger partial charge in [0.25, 0.3) is 0 Å². The molecule has 1 aromatic heterocycles. The van der Waals surface area contributed by atoms with Crippen LogP contribution in [0.2, 0.25) is 0 Å². The molecule has 0 radical (unpaired) electrons. The van der Waals surface area contributed by atoms with Crippen LogP contribution in [0.4, 0.5) is 0 Å². The third kappa shape index (κ3) is 3.53. The van der Waals surface area contributed by atoms with Crippen molar-refractivity contribution in [1.82, 2.24) is 9.97 Å². The molecular weight excluding hydrogens is 248 g/mol. The van der Waals surface area contributed by atoms with E-state index in [1.165, 1.54) is 12.4 Å². The normalized spacial score (nSPS) is 8.50. The number of nitriles is 2. The van der Waals surface area contributed by atoms with E-state index in [-0.39, 0.29) is 5.57 Å². The minimum absolute atomic E-state index is 0.0743. The highest BCUT2D eigenvalue weighted by Gasteiger charge is 1.94. The van der Waals surface area contributed by atoms with Crippen LogP contribution in [0.15, 0.2) is 48.6 Å². The van der Waals surface area contributed by atoms with Gasteiger partial charge in [-0.05, 0) is 23.8 Å². The van der Waals surface area contributed by atoms with E-state index in [1.54, 1.807) is 24.5 Å². The highest BCUT2D eigenvalue weighted by molar-refractivity contribution is 5.62. The number of benzene rings is 1. The average molecular weight is 256 g/mol. The van der Waals surface area contributed by atoms with Crippen LogP contribution in [-0.4, -0.2) is 9.97 Å². The summed E-state index contributed by atoms with van der Waals surface area (Å²) in [5, 5.41) is 17.4. The molecule has 0 saturated carbocycles. The van der Waals surface area contributed by atoms with Crippen LogP contribution in [-0.2, 0) is 0 Å². The fraction of sp³-hybridized carbons (Fsp3) is 0. The van der Waals surface area contributed by atoms with E-state index >= 15 is 0 Å². The van der Waals surface area contributed by atoms with Gasteiger partial charge in [-0.25, -0.2) is 9.97 Å². The van der Waals surface area contributed by atoms with Gasteiger partial charge in [0.1, 0.15) is 24.0 Å². The Labute approximate surface area is 116 Å². The summed E-state index contributed by atoms with van der Waals surface area (Å²) in [6.45, 7) is 0. The maximum absolute atomic E-state index is 8.68. The second-order valence-electron chi connectivity index (χ2n) is 3.78. The van der Waals surface area contributed by atoms with Crippen molar-refractivity contribution < 1.29 is 0 Å². The summed E-state index contributed by atoms with van der Waals surface area (Å²) < 4.78 is 0. The van der Waals surface area contributed by atoms with E-state index in [0.29, 0.717) is 0 Å². The third-order valence-corrected chi connectivity index (χ3v) is 2.37. The number of nitrogens with zero attached hydrogens (tertiary/aromatic N) is 4. The van der Waals surface area contributed by atoms with E-state index in [2.05, 4.69) is 21.8 Å². The van der Waals surface area contributed by atoms with Crippen LogP contribution in [0.25, 0.3) is 6.08 Å². The zero-order valence-electron chi connectivity index (χ0n) is 10.4. The molecule has 0 unspecified atom stereocenters. The first-order valence-corrected chi connectivity index (χ1v) is 5.71. The fourth-order valence-electron chi connectivity index (χ4n) is 1.43. The van der Waals surface area contributed by atoms with Crippen molar-refractivity contribution in [2.75, 3.05) is 0 Å². The Morgan fingerprint density at radius 1 is 0.900 bits per heavy atom. The van der Waals surface area contributed by atoms with Crippen molar-refractivity contribution in [3.05, 3.63) is 65.2 Å². The maximum Gasteiger partial charge on any atom is 0.130 e. The van der Waals surface area contributed by atoms with Gasteiger partial charge < -0.3 is 0 Å². The molecule has 2 aromatic rings. The largest absolute Gasteiger partial charge is 0.244 e. The first-order valence-electron chi connectivity index (χ1n) is 5.71. The van der Waals surface area contributed by atoms with Crippen LogP contribution in [0, 0.1) is 34.5 Å². The van der Waals surface area contributed by atoms with E-state index < -0.39 is 0 Å². The minimum atomic E-state index is 0.0743. The molecule has 1 heterocycles. The summed E-state index contributed by atoms with van der Waals surface area (Å²) >= 11 is 0. The molecule has 92 valence electrons. The minimum Gasteiger partial charge on any atom is -0.244 e. The molecule has 0 saturated heterocycles. The Balaban J connectivity index is 2.19. The zero-order valence-corrected chi connectivity index (χ0v) is 10.4. The Morgan fingerprint density at radius 3 is 2.10 bits per heavy atom. The lowest BCUT2D eigenvalue weighted by molar-refractivity contribution is 1.16. The average Bonchev–Trinajstić information content (AvgIpc) is 2.53. The topological polar surface area (TPSA) is 73.4 Å². The molecule has 0 bridgehead atoms. The van der Waals surface area contributed by atoms with Gasteiger partial charge in [0.15, 0.2) is 0 Å². The number of aromatic nitrogens is 2. The van der Waals surface area contributed by atoms with Gasteiger partial charge in [-0.15, -0.1) is 0 Å². The van der Waals surface area contributed by atoms with Crippen molar-refractivity contribution in [3.8, 4) is 24.0 Å². The predicted molar refractivity (Wildman–Crippen MR) is 73.7 cm³/mol. The smallest absolute Gasteiger partial charge is 0.130 e. The second-order valence-corrected chi connectivity index (χ2v) is 3.78. The summed E-state index contributed by atoms with van der Waals surface area (Å²) in [6, 6.07) is 10.9. The third-order valence-electron chi connectivity index (χ3n) is 2.37. The fourth-order valence-corrected chi connectivity index (χ4v) is 1.43. The Hall–Kier alpha value is -3.42. The monoisotopic (exact) mass is 256 g/mol. The Kier molecular flexibility index (Phi) is 4.23. The summed E-state index contributed by atoms with van der Waals surface area (Å²) in [7, 11) is 0. The molecule has 0 fully saturated rings. The molecule has 4 nitrogen and oxygen atoms in total. The Morgan fingerprint density at radius 2 is 1.50 bits per heavy atom. The molecule has 0 aliphatic rings. The van der Waals surface area contributed by atoms with E-state index in [9.17, 15) is 0 Å². The highest BCUT2D eigenvalue weighted by atomic mass is 14.8. The predicted octanol–water partition coefficient (Wildman–Crippen LogP) is 2.31. The van der Waals surface area contributed by atoms with Gasteiger partial charge in [-0.3, -0.25) is 0 Å². The van der Waals surface area contributed by atoms with Crippen LogP contribution < -0.4 is 0 Å².